The number of hydrogen-bond donors (Lipinski definition) is 0. The van der Waals surface area contributed by atoms with Crippen LogP contribution in [0, 0.1) is 0 Å². The van der Waals surface area contributed by atoms with Gasteiger partial charge in [0, 0.05) is 13.1 Å². The third-order valence-corrected chi connectivity index (χ3v) is 10.4. The highest BCUT2D eigenvalue weighted by Gasteiger charge is 2.45. The minimum Gasteiger partial charge on any atom is -0.298 e. The molecular formula is C19H18N4S3. The molecule has 3 aliphatic rings. The highest BCUT2D eigenvalue weighted by molar-refractivity contribution is 9.21. The molecule has 0 aliphatic carbocycles. The Morgan fingerprint density at radius 3 is 1.65 bits per heavy atom. The molecule has 0 amide bonds. The molecule has 7 heteroatoms. The number of hydrogen-bond acceptors (Lipinski definition) is 4. The van der Waals surface area contributed by atoms with Crippen LogP contribution in [0.15, 0.2) is 70.6 Å². The van der Waals surface area contributed by atoms with E-state index >= 15 is 0 Å². The van der Waals surface area contributed by atoms with Crippen LogP contribution in [0.25, 0.3) is 0 Å². The van der Waals surface area contributed by atoms with Gasteiger partial charge in [-0.1, -0.05) is 60.7 Å². The lowest BCUT2D eigenvalue weighted by Gasteiger charge is -2.16. The number of nitrogens with zero attached hydrogens (tertiary/aromatic N) is 4. The summed E-state index contributed by atoms with van der Waals surface area (Å²) in [5.74, 6) is 0. The van der Waals surface area contributed by atoms with Gasteiger partial charge in [0.2, 0.25) is 0 Å². The average molecular weight is 399 g/mol. The van der Waals surface area contributed by atoms with Gasteiger partial charge >= 0.3 is 0 Å². The topological polar surface area (TPSA) is 31.2 Å². The molecule has 132 valence electrons. The first-order valence-electron chi connectivity index (χ1n) is 8.58. The largest absolute Gasteiger partial charge is 0.298 e. The van der Waals surface area contributed by atoms with Gasteiger partial charge in [-0.05, 0) is 41.3 Å². The highest BCUT2D eigenvalue weighted by atomic mass is 33.5. The Morgan fingerprint density at radius 1 is 0.731 bits per heavy atom. The van der Waals surface area contributed by atoms with Crippen LogP contribution < -0.4 is 0 Å². The molecule has 5 rings (SSSR count). The van der Waals surface area contributed by atoms with Crippen LogP contribution >= 0.6 is 30.1 Å². The fraction of sp³-hybridized carbons (Fsp3) is 0.211. The minimum atomic E-state index is 0.0988. The molecule has 0 radical (unpaired) electrons. The maximum Gasteiger partial charge on any atom is 0.176 e. The van der Waals surface area contributed by atoms with Crippen LogP contribution in [0.3, 0.4) is 0 Å². The van der Waals surface area contributed by atoms with Crippen LogP contribution in [-0.4, -0.2) is 38.3 Å². The molecule has 4 nitrogen and oxygen atoms in total. The Bertz CT molecular complexity index is 835. The van der Waals surface area contributed by atoms with Crippen molar-refractivity contribution in [1.29, 1.82) is 0 Å². The van der Waals surface area contributed by atoms with Crippen LogP contribution in [0.1, 0.15) is 11.1 Å². The van der Waals surface area contributed by atoms with E-state index in [9.17, 15) is 0 Å². The Labute approximate surface area is 163 Å². The minimum absolute atomic E-state index is 0.0988. The van der Waals surface area contributed by atoms with Crippen molar-refractivity contribution in [2.24, 2.45) is 9.98 Å². The first kappa shape index (κ1) is 16.5. The molecule has 1 fully saturated rings. The maximum atomic E-state index is 4.89. The fourth-order valence-electron chi connectivity index (χ4n) is 3.10. The zero-order chi connectivity index (χ0) is 17.3. The van der Waals surface area contributed by atoms with E-state index in [1.54, 1.807) is 0 Å². The van der Waals surface area contributed by atoms with Crippen molar-refractivity contribution in [3.8, 4) is 0 Å². The van der Waals surface area contributed by atoms with E-state index in [-0.39, 0.29) is 8.55 Å². The van der Waals surface area contributed by atoms with Crippen LogP contribution in [-0.2, 0) is 13.1 Å². The molecule has 2 aromatic rings. The van der Waals surface area contributed by atoms with Gasteiger partial charge in [-0.15, -0.1) is 0 Å². The lowest BCUT2D eigenvalue weighted by molar-refractivity contribution is 0.659. The first-order chi connectivity index (χ1) is 12.9. The van der Waals surface area contributed by atoms with E-state index in [2.05, 4.69) is 58.3 Å². The molecule has 1 saturated heterocycles. The van der Waals surface area contributed by atoms with Gasteiger partial charge in [0.15, 0.2) is 15.4 Å². The molecule has 0 aromatic heterocycles. The number of benzene rings is 2. The maximum absolute atomic E-state index is 4.89. The number of aliphatic imine (C=N–C) groups is 2. The first-order valence-corrected chi connectivity index (χ1v) is 12.5. The number of rotatable bonds is 4. The second-order valence-electron chi connectivity index (χ2n) is 6.16. The molecule has 0 atom stereocenters. The van der Waals surface area contributed by atoms with Crippen molar-refractivity contribution in [3.05, 3.63) is 71.8 Å². The van der Waals surface area contributed by atoms with Crippen molar-refractivity contribution < 1.29 is 0 Å². The van der Waals surface area contributed by atoms with E-state index in [4.69, 9.17) is 9.98 Å². The van der Waals surface area contributed by atoms with Crippen molar-refractivity contribution >= 4 is 45.6 Å². The summed E-state index contributed by atoms with van der Waals surface area (Å²) < 4.78 is 0. The summed E-state index contributed by atoms with van der Waals surface area (Å²) in [6.45, 7) is 3.54. The van der Waals surface area contributed by atoms with Crippen molar-refractivity contribution in [2.45, 2.75) is 13.1 Å². The molecule has 0 bridgehead atoms. The van der Waals surface area contributed by atoms with Crippen molar-refractivity contribution in [1.82, 2.24) is 9.80 Å². The summed E-state index contributed by atoms with van der Waals surface area (Å²) in [5.41, 5.74) is 2.53. The SMILES string of the molecule is c1ccc(CN=C2SS3=C4N2CCN4C(=NCc2ccccc2)S3)cc1. The van der Waals surface area contributed by atoms with Gasteiger partial charge in [-0.2, -0.15) is 0 Å². The molecule has 0 N–H and O–H groups in total. The predicted octanol–water partition coefficient (Wildman–Crippen LogP) is 4.40. The molecular weight excluding hydrogens is 380 g/mol. The fourth-order valence-corrected chi connectivity index (χ4v) is 9.85. The summed E-state index contributed by atoms with van der Waals surface area (Å²) in [7, 11) is 3.89. The normalized spacial score (nSPS) is 24.2. The second-order valence-corrected chi connectivity index (χ2v) is 11.7. The molecule has 2 aromatic carbocycles. The van der Waals surface area contributed by atoms with Gasteiger partial charge in [0.1, 0.15) is 0 Å². The molecule has 3 aliphatic heterocycles. The summed E-state index contributed by atoms with van der Waals surface area (Å²) in [6, 6.07) is 21.0. The van der Waals surface area contributed by atoms with Gasteiger partial charge < -0.3 is 0 Å². The quantitative estimate of drug-likeness (QED) is 0.564. The Hall–Kier alpha value is -1.70. The van der Waals surface area contributed by atoms with Crippen LogP contribution in [0.2, 0.25) is 0 Å². The Kier molecular flexibility index (Phi) is 4.52. The zero-order valence-electron chi connectivity index (χ0n) is 14.1. The van der Waals surface area contributed by atoms with E-state index in [1.807, 2.05) is 33.7 Å². The van der Waals surface area contributed by atoms with E-state index in [0.717, 1.165) is 26.2 Å². The Balaban J connectivity index is 1.29. The zero-order valence-corrected chi connectivity index (χ0v) is 16.6. The third-order valence-electron chi connectivity index (χ3n) is 4.40. The van der Waals surface area contributed by atoms with E-state index in [1.165, 1.54) is 26.6 Å². The lowest BCUT2D eigenvalue weighted by Crippen LogP contribution is -2.32. The monoisotopic (exact) mass is 398 g/mol. The van der Waals surface area contributed by atoms with Gasteiger partial charge in [0.25, 0.3) is 0 Å². The Morgan fingerprint density at radius 2 is 1.19 bits per heavy atom. The van der Waals surface area contributed by atoms with Crippen molar-refractivity contribution in [3.63, 3.8) is 0 Å². The van der Waals surface area contributed by atoms with Crippen LogP contribution in [0.5, 0.6) is 0 Å². The molecule has 26 heavy (non-hydrogen) atoms. The van der Waals surface area contributed by atoms with Crippen molar-refractivity contribution in [2.75, 3.05) is 13.1 Å². The van der Waals surface area contributed by atoms with Gasteiger partial charge in [0.05, 0.1) is 13.1 Å². The second kappa shape index (κ2) is 7.13. The standard InChI is InChI=1S/C19H18N4S3/c1-3-7-15(8-4-1)13-20-17-22-11-12-23-18(25-26(24-17)19(22)23)21-14-16-9-5-2-6-10-16/h1-10H,11-14H2. The summed E-state index contributed by atoms with van der Waals surface area (Å²) in [6.07, 6.45) is 0. The average Bonchev–Trinajstić information content (AvgIpc) is 3.36. The number of amidine groups is 2. The molecule has 0 saturated carbocycles. The highest BCUT2D eigenvalue weighted by Crippen LogP contribution is 2.58. The van der Waals surface area contributed by atoms with E-state index in [0.29, 0.717) is 0 Å². The summed E-state index contributed by atoms with van der Waals surface area (Å²) in [5, 5.41) is 3.74. The third kappa shape index (κ3) is 3.08. The summed E-state index contributed by atoms with van der Waals surface area (Å²) in [4.78, 5) is 14.6. The van der Waals surface area contributed by atoms with Gasteiger partial charge in [-0.25, -0.2) is 0 Å². The molecule has 0 unspecified atom stereocenters. The van der Waals surface area contributed by atoms with Crippen LogP contribution in [0.4, 0.5) is 0 Å². The summed E-state index contributed by atoms with van der Waals surface area (Å²) >= 11 is 0. The smallest absolute Gasteiger partial charge is 0.176 e. The molecule has 0 spiro atoms. The van der Waals surface area contributed by atoms with Gasteiger partial charge in [-0.3, -0.25) is 19.8 Å². The molecule has 3 heterocycles. The predicted molar refractivity (Wildman–Crippen MR) is 116 cm³/mol. The van der Waals surface area contributed by atoms with E-state index < -0.39 is 0 Å². The lowest BCUT2D eigenvalue weighted by atomic mass is 10.2.